The Bertz CT molecular complexity index is 930. The van der Waals surface area contributed by atoms with Gasteiger partial charge < -0.3 is 9.64 Å². The van der Waals surface area contributed by atoms with E-state index in [-0.39, 0.29) is 18.0 Å². The Morgan fingerprint density at radius 2 is 1.77 bits per heavy atom. The largest absolute Gasteiger partial charge is 0.497 e. The molecule has 1 unspecified atom stereocenters. The minimum absolute atomic E-state index is 0.00360. The van der Waals surface area contributed by atoms with Gasteiger partial charge in [0.15, 0.2) is 0 Å². The molecule has 5 nitrogen and oxygen atoms in total. The van der Waals surface area contributed by atoms with Gasteiger partial charge in [0.25, 0.3) is 5.91 Å². The molecule has 1 amide bonds. The minimum Gasteiger partial charge on any atom is -0.497 e. The van der Waals surface area contributed by atoms with Gasteiger partial charge in [0, 0.05) is 17.2 Å². The highest BCUT2D eigenvalue weighted by atomic mass is 16.5. The number of nitrogens with one attached hydrogen (secondary N) is 1. The third kappa shape index (κ3) is 2.47. The highest BCUT2D eigenvalue weighted by Crippen LogP contribution is 2.43. The van der Waals surface area contributed by atoms with Crippen molar-refractivity contribution in [3.63, 3.8) is 0 Å². The van der Waals surface area contributed by atoms with Crippen molar-refractivity contribution in [2.75, 3.05) is 7.11 Å². The standard InChI is InChI=1S/C21H21N3O2/c1-13(2)24-20(15-7-5-4-6-8-15)17-18(22-23-19(17)21(24)25)14-9-11-16(26-3)12-10-14/h4-13,20H,1-3H3,(H,22,23). The van der Waals surface area contributed by atoms with Gasteiger partial charge in [-0.2, -0.15) is 5.10 Å². The maximum Gasteiger partial charge on any atom is 0.273 e. The van der Waals surface area contributed by atoms with Crippen LogP contribution < -0.4 is 4.74 Å². The number of aromatic amines is 1. The SMILES string of the molecule is COc1ccc(-c2n[nH]c3c2C(c2ccccc2)N(C(C)C)C3=O)cc1. The number of hydrogen-bond acceptors (Lipinski definition) is 3. The Labute approximate surface area is 152 Å². The zero-order valence-corrected chi connectivity index (χ0v) is 15.1. The van der Waals surface area contributed by atoms with Crippen LogP contribution in [0, 0.1) is 0 Å². The molecule has 26 heavy (non-hydrogen) atoms. The molecule has 0 spiro atoms. The molecule has 1 aromatic heterocycles. The number of methoxy groups -OCH3 is 1. The van der Waals surface area contributed by atoms with Crippen molar-refractivity contribution in [3.8, 4) is 17.0 Å². The lowest BCUT2D eigenvalue weighted by Crippen LogP contribution is -2.35. The van der Waals surface area contributed by atoms with Crippen molar-refractivity contribution in [2.45, 2.75) is 25.9 Å². The Balaban J connectivity index is 1.88. The molecule has 2 heterocycles. The number of ether oxygens (including phenoxy) is 1. The lowest BCUT2D eigenvalue weighted by atomic mass is 9.95. The van der Waals surface area contributed by atoms with Crippen LogP contribution in [0.1, 0.15) is 41.5 Å². The molecule has 0 radical (unpaired) electrons. The first-order chi connectivity index (χ1) is 12.6. The van der Waals surface area contributed by atoms with E-state index in [1.54, 1.807) is 7.11 Å². The lowest BCUT2D eigenvalue weighted by molar-refractivity contribution is 0.0688. The fourth-order valence-electron chi connectivity index (χ4n) is 3.63. The van der Waals surface area contributed by atoms with Crippen molar-refractivity contribution < 1.29 is 9.53 Å². The van der Waals surface area contributed by atoms with Gasteiger partial charge in [-0.3, -0.25) is 9.89 Å². The second-order valence-electron chi connectivity index (χ2n) is 6.71. The number of carbonyl (C=O) groups excluding carboxylic acids is 1. The van der Waals surface area contributed by atoms with Crippen LogP contribution in [0.5, 0.6) is 5.75 Å². The highest BCUT2D eigenvalue weighted by Gasteiger charge is 2.43. The molecule has 0 bridgehead atoms. The number of benzene rings is 2. The second kappa shape index (κ2) is 6.33. The molecular weight excluding hydrogens is 326 g/mol. The van der Waals surface area contributed by atoms with Gasteiger partial charge in [0.2, 0.25) is 0 Å². The van der Waals surface area contributed by atoms with Crippen molar-refractivity contribution in [1.29, 1.82) is 0 Å². The van der Waals surface area contributed by atoms with Crippen LogP contribution in [0.15, 0.2) is 54.6 Å². The predicted molar refractivity (Wildman–Crippen MR) is 100 cm³/mol. The molecular formula is C21H21N3O2. The summed E-state index contributed by atoms with van der Waals surface area (Å²) in [5.41, 5.74) is 4.39. The van der Waals surface area contributed by atoms with E-state index in [0.717, 1.165) is 28.1 Å². The number of nitrogens with zero attached hydrogens (tertiary/aromatic N) is 2. The summed E-state index contributed by atoms with van der Waals surface area (Å²) < 4.78 is 5.24. The van der Waals surface area contributed by atoms with Crippen LogP contribution in [0.4, 0.5) is 0 Å². The summed E-state index contributed by atoms with van der Waals surface area (Å²) in [6, 6.07) is 17.8. The molecule has 3 aromatic rings. The fraction of sp³-hybridized carbons (Fsp3) is 0.238. The summed E-state index contributed by atoms with van der Waals surface area (Å²) in [7, 11) is 1.64. The summed E-state index contributed by atoms with van der Waals surface area (Å²) in [6.45, 7) is 4.08. The second-order valence-corrected chi connectivity index (χ2v) is 6.71. The molecule has 0 fully saturated rings. The first kappa shape index (κ1) is 16.4. The van der Waals surface area contributed by atoms with E-state index in [0.29, 0.717) is 5.69 Å². The third-order valence-electron chi connectivity index (χ3n) is 4.84. The lowest BCUT2D eigenvalue weighted by Gasteiger charge is -2.29. The Morgan fingerprint density at radius 1 is 1.08 bits per heavy atom. The van der Waals surface area contributed by atoms with E-state index in [1.807, 2.05) is 61.2 Å². The molecule has 1 aliphatic heterocycles. The number of rotatable bonds is 4. The monoisotopic (exact) mass is 347 g/mol. The maximum atomic E-state index is 13.0. The van der Waals surface area contributed by atoms with E-state index < -0.39 is 0 Å². The summed E-state index contributed by atoms with van der Waals surface area (Å²) in [5.74, 6) is 0.788. The van der Waals surface area contributed by atoms with Crippen LogP contribution in [0.25, 0.3) is 11.3 Å². The molecule has 1 aliphatic rings. The first-order valence-corrected chi connectivity index (χ1v) is 8.72. The van der Waals surface area contributed by atoms with Crippen LogP contribution in [-0.2, 0) is 0 Å². The summed E-state index contributed by atoms with van der Waals surface area (Å²) in [6.07, 6.45) is 0. The normalized spacial score (nSPS) is 16.2. The molecule has 132 valence electrons. The molecule has 0 saturated carbocycles. The van der Waals surface area contributed by atoms with Gasteiger partial charge in [-0.1, -0.05) is 30.3 Å². The summed E-state index contributed by atoms with van der Waals surface area (Å²) in [5, 5.41) is 7.45. The van der Waals surface area contributed by atoms with Crippen LogP contribution in [-0.4, -0.2) is 34.2 Å². The molecule has 0 saturated heterocycles. The fourth-order valence-corrected chi connectivity index (χ4v) is 3.63. The zero-order valence-electron chi connectivity index (χ0n) is 15.1. The van der Waals surface area contributed by atoms with E-state index in [9.17, 15) is 4.79 Å². The number of fused-ring (bicyclic) bond motifs is 1. The Kier molecular flexibility index (Phi) is 3.99. The van der Waals surface area contributed by atoms with Crippen molar-refractivity contribution >= 4 is 5.91 Å². The van der Waals surface area contributed by atoms with Gasteiger partial charge >= 0.3 is 0 Å². The minimum atomic E-state index is -0.144. The number of amides is 1. The first-order valence-electron chi connectivity index (χ1n) is 8.72. The van der Waals surface area contributed by atoms with Gasteiger partial charge in [0.05, 0.1) is 18.8 Å². The van der Waals surface area contributed by atoms with Gasteiger partial charge in [0.1, 0.15) is 11.4 Å². The van der Waals surface area contributed by atoms with E-state index in [1.165, 1.54) is 0 Å². The Hall–Kier alpha value is -3.08. The average molecular weight is 347 g/mol. The number of H-pyrrole nitrogens is 1. The van der Waals surface area contributed by atoms with Crippen molar-refractivity contribution in [3.05, 3.63) is 71.4 Å². The molecule has 0 aliphatic carbocycles. The van der Waals surface area contributed by atoms with Gasteiger partial charge in [-0.25, -0.2) is 0 Å². The quantitative estimate of drug-likeness (QED) is 0.775. The average Bonchev–Trinajstić information content (AvgIpc) is 3.21. The van der Waals surface area contributed by atoms with Gasteiger partial charge in [-0.15, -0.1) is 0 Å². The smallest absolute Gasteiger partial charge is 0.273 e. The molecule has 1 N–H and O–H groups in total. The molecule has 1 atom stereocenters. The summed E-state index contributed by atoms with van der Waals surface area (Å²) >= 11 is 0. The Morgan fingerprint density at radius 3 is 2.38 bits per heavy atom. The van der Waals surface area contributed by atoms with E-state index in [2.05, 4.69) is 22.3 Å². The number of carbonyl (C=O) groups is 1. The molecule has 2 aromatic carbocycles. The predicted octanol–water partition coefficient (Wildman–Crippen LogP) is 4.04. The van der Waals surface area contributed by atoms with Gasteiger partial charge in [-0.05, 0) is 43.7 Å². The van der Waals surface area contributed by atoms with E-state index in [4.69, 9.17) is 4.74 Å². The number of hydrogen-bond donors (Lipinski definition) is 1. The number of aromatic nitrogens is 2. The topological polar surface area (TPSA) is 58.2 Å². The molecule has 4 rings (SSSR count). The van der Waals surface area contributed by atoms with Crippen LogP contribution >= 0.6 is 0 Å². The van der Waals surface area contributed by atoms with Crippen LogP contribution in [0.3, 0.4) is 0 Å². The van der Waals surface area contributed by atoms with E-state index >= 15 is 0 Å². The molecule has 5 heteroatoms. The maximum absolute atomic E-state index is 13.0. The zero-order chi connectivity index (χ0) is 18.3. The highest BCUT2D eigenvalue weighted by molar-refractivity contribution is 6.00. The van der Waals surface area contributed by atoms with Crippen LogP contribution in [0.2, 0.25) is 0 Å². The third-order valence-corrected chi connectivity index (χ3v) is 4.84. The summed E-state index contributed by atoms with van der Waals surface area (Å²) in [4.78, 5) is 14.9. The van der Waals surface area contributed by atoms with Crippen molar-refractivity contribution in [2.24, 2.45) is 0 Å². The van der Waals surface area contributed by atoms with Crippen molar-refractivity contribution in [1.82, 2.24) is 15.1 Å².